The molecule has 2 rings (SSSR count). The van der Waals surface area contributed by atoms with Crippen LogP contribution in [0.15, 0.2) is 0 Å². The van der Waals surface area contributed by atoms with Crippen LogP contribution in [0.1, 0.15) is 51.9 Å². The van der Waals surface area contributed by atoms with E-state index in [1.807, 2.05) is 11.8 Å². The van der Waals surface area contributed by atoms with E-state index in [9.17, 15) is 4.79 Å². The zero-order valence-electron chi connectivity index (χ0n) is 12.4. The molecular formula is C15H28N2OS. The molecule has 1 heterocycles. The highest BCUT2D eigenvalue weighted by Gasteiger charge is 2.42. The summed E-state index contributed by atoms with van der Waals surface area (Å²) in [6.07, 6.45) is 11.0. The van der Waals surface area contributed by atoms with Gasteiger partial charge in [-0.25, -0.2) is 0 Å². The summed E-state index contributed by atoms with van der Waals surface area (Å²) in [7, 11) is 0. The molecule has 4 heteroatoms. The first kappa shape index (κ1) is 15.2. The molecule has 2 unspecified atom stereocenters. The number of nitrogens with zero attached hydrogens (tertiary/aromatic N) is 1. The van der Waals surface area contributed by atoms with Gasteiger partial charge < -0.3 is 4.90 Å². The fourth-order valence-corrected chi connectivity index (χ4v) is 3.80. The van der Waals surface area contributed by atoms with Crippen LogP contribution < -0.4 is 5.32 Å². The van der Waals surface area contributed by atoms with Gasteiger partial charge in [-0.3, -0.25) is 10.1 Å². The summed E-state index contributed by atoms with van der Waals surface area (Å²) in [5, 5.41) is 3.64. The van der Waals surface area contributed by atoms with Crippen molar-refractivity contribution in [1.82, 2.24) is 10.2 Å². The Hall–Kier alpha value is -0.220. The number of hydrogen-bond acceptors (Lipinski definition) is 3. The zero-order chi connectivity index (χ0) is 13.7. The number of nitrogens with one attached hydrogen (secondary N) is 1. The molecule has 0 aromatic rings. The minimum absolute atomic E-state index is 0.0902. The van der Waals surface area contributed by atoms with Crippen molar-refractivity contribution in [1.29, 1.82) is 0 Å². The van der Waals surface area contributed by atoms with Gasteiger partial charge >= 0.3 is 0 Å². The molecule has 2 aliphatic rings. The molecule has 110 valence electrons. The lowest BCUT2D eigenvalue weighted by Crippen LogP contribution is -2.43. The molecule has 1 saturated heterocycles. The Balaban J connectivity index is 1.99. The van der Waals surface area contributed by atoms with Gasteiger partial charge in [-0.15, -0.1) is 0 Å². The predicted molar refractivity (Wildman–Crippen MR) is 82.3 cm³/mol. The van der Waals surface area contributed by atoms with E-state index in [4.69, 9.17) is 0 Å². The van der Waals surface area contributed by atoms with Crippen molar-refractivity contribution < 1.29 is 4.79 Å². The molecule has 1 aliphatic heterocycles. The van der Waals surface area contributed by atoms with Crippen LogP contribution in [-0.4, -0.2) is 41.6 Å². The zero-order valence-corrected chi connectivity index (χ0v) is 13.2. The number of carbonyl (C=O) groups is 1. The minimum Gasteiger partial charge on any atom is -0.325 e. The van der Waals surface area contributed by atoms with Gasteiger partial charge in [-0.05, 0) is 31.4 Å². The van der Waals surface area contributed by atoms with E-state index in [1.54, 1.807) is 0 Å². The van der Waals surface area contributed by atoms with Crippen LogP contribution in [0.4, 0.5) is 0 Å². The molecule has 0 bridgehead atoms. The molecular weight excluding hydrogens is 256 g/mol. The second kappa shape index (κ2) is 7.53. The Kier molecular flexibility index (Phi) is 6.02. The van der Waals surface area contributed by atoms with Gasteiger partial charge in [0.15, 0.2) is 0 Å². The van der Waals surface area contributed by atoms with E-state index >= 15 is 0 Å². The molecule has 0 radical (unpaired) electrons. The largest absolute Gasteiger partial charge is 0.325 e. The molecule has 1 saturated carbocycles. The smallest absolute Gasteiger partial charge is 0.241 e. The summed E-state index contributed by atoms with van der Waals surface area (Å²) in [6.45, 7) is 3.11. The maximum atomic E-state index is 12.5. The van der Waals surface area contributed by atoms with Crippen LogP contribution in [0.5, 0.6) is 0 Å². The van der Waals surface area contributed by atoms with E-state index in [0.717, 1.165) is 25.1 Å². The molecule has 0 aromatic carbocycles. The summed E-state index contributed by atoms with van der Waals surface area (Å²) in [5.74, 6) is 2.11. The van der Waals surface area contributed by atoms with Crippen molar-refractivity contribution in [2.45, 2.75) is 64.1 Å². The SMILES string of the molecule is CCCCC1NC(C2CCCC2)N(CCSC)C1=O. The standard InChI is InChI=1S/C15H28N2OS/c1-3-4-9-13-15(18)17(10-11-19-2)14(16-13)12-7-5-6-8-12/h12-14,16H,3-11H2,1-2H3. The maximum Gasteiger partial charge on any atom is 0.241 e. The highest BCUT2D eigenvalue weighted by Crippen LogP contribution is 2.32. The summed E-state index contributed by atoms with van der Waals surface area (Å²) in [4.78, 5) is 14.7. The van der Waals surface area contributed by atoms with Crippen LogP contribution in [-0.2, 0) is 4.79 Å². The van der Waals surface area contributed by atoms with Crippen LogP contribution in [0, 0.1) is 5.92 Å². The number of rotatable bonds is 7. The van der Waals surface area contributed by atoms with Crippen molar-refractivity contribution in [3.8, 4) is 0 Å². The van der Waals surface area contributed by atoms with Gasteiger partial charge in [0.25, 0.3) is 0 Å². The lowest BCUT2D eigenvalue weighted by molar-refractivity contribution is -0.130. The Bertz CT molecular complexity index is 292. The Labute approximate surface area is 121 Å². The highest BCUT2D eigenvalue weighted by atomic mass is 32.2. The van der Waals surface area contributed by atoms with Crippen molar-refractivity contribution in [3.63, 3.8) is 0 Å². The summed E-state index contributed by atoms with van der Waals surface area (Å²) < 4.78 is 0. The third-order valence-electron chi connectivity index (χ3n) is 4.52. The lowest BCUT2D eigenvalue weighted by Gasteiger charge is -2.28. The average molecular weight is 284 g/mol. The monoisotopic (exact) mass is 284 g/mol. The molecule has 0 aromatic heterocycles. The number of hydrogen-bond donors (Lipinski definition) is 1. The fourth-order valence-electron chi connectivity index (χ4n) is 3.42. The Morgan fingerprint density at radius 2 is 2.11 bits per heavy atom. The first-order chi connectivity index (χ1) is 9.27. The number of thioether (sulfide) groups is 1. The maximum absolute atomic E-state index is 12.5. The van der Waals surface area contributed by atoms with Gasteiger partial charge in [-0.2, -0.15) is 11.8 Å². The lowest BCUT2D eigenvalue weighted by atomic mass is 10.0. The first-order valence-corrected chi connectivity index (χ1v) is 9.22. The summed E-state index contributed by atoms with van der Waals surface area (Å²) in [6, 6.07) is 0.0902. The normalized spacial score (nSPS) is 28.5. The number of carbonyl (C=O) groups excluding carboxylic acids is 1. The van der Waals surface area contributed by atoms with Crippen molar-refractivity contribution >= 4 is 17.7 Å². The Morgan fingerprint density at radius 3 is 2.74 bits per heavy atom. The molecule has 1 N–H and O–H groups in total. The van der Waals surface area contributed by atoms with Crippen LogP contribution in [0.3, 0.4) is 0 Å². The van der Waals surface area contributed by atoms with E-state index < -0.39 is 0 Å². The molecule has 2 fully saturated rings. The van der Waals surface area contributed by atoms with Gasteiger partial charge in [0.1, 0.15) is 0 Å². The average Bonchev–Trinajstić information content (AvgIpc) is 3.03. The van der Waals surface area contributed by atoms with Gasteiger partial charge in [0, 0.05) is 12.3 Å². The third kappa shape index (κ3) is 3.66. The first-order valence-electron chi connectivity index (χ1n) is 7.83. The third-order valence-corrected chi connectivity index (χ3v) is 5.11. The number of unbranched alkanes of at least 4 members (excludes halogenated alkanes) is 1. The molecule has 3 nitrogen and oxygen atoms in total. The molecule has 2 atom stereocenters. The fraction of sp³-hybridized carbons (Fsp3) is 0.933. The van der Waals surface area contributed by atoms with Crippen LogP contribution in [0.2, 0.25) is 0 Å². The molecule has 1 aliphatic carbocycles. The van der Waals surface area contributed by atoms with Crippen molar-refractivity contribution in [2.75, 3.05) is 18.6 Å². The van der Waals surface area contributed by atoms with Crippen LogP contribution >= 0.6 is 11.8 Å². The summed E-state index contributed by atoms with van der Waals surface area (Å²) in [5.41, 5.74) is 0. The van der Waals surface area contributed by atoms with Crippen molar-refractivity contribution in [3.05, 3.63) is 0 Å². The van der Waals surface area contributed by atoms with E-state index in [0.29, 0.717) is 18.0 Å². The topological polar surface area (TPSA) is 32.3 Å². The van der Waals surface area contributed by atoms with Gasteiger partial charge in [-0.1, -0.05) is 32.6 Å². The molecule has 1 amide bonds. The van der Waals surface area contributed by atoms with Gasteiger partial charge in [0.05, 0.1) is 12.2 Å². The van der Waals surface area contributed by atoms with E-state index in [2.05, 4.69) is 23.4 Å². The minimum atomic E-state index is 0.0902. The second-order valence-corrected chi connectivity index (χ2v) is 6.86. The quantitative estimate of drug-likeness (QED) is 0.780. The highest BCUT2D eigenvalue weighted by molar-refractivity contribution is 7.98. The van der Waals surface area contributed by atoms with E-state index in [-0.39, 0.29) is 6.04 Å². The molecule has 0 spiro atoms. The van der Waals surface area contributed by atoms with Gasteiger partial charge in [0.2, 0.25) is 5.91 Å². The number of amides is 1. The van der Waals surface area contributed by atoms with Crippen molar-refractivity contribution in [2.24, 2.45) is 5.92 Å². The van der Waals surface area contributed by atoms with Crippen LogP contribution in [0.25, 0.3) is 0 Å². The Morgan fingerprint density at radius 1 is 1.37 bits per heavy atom. The second-order valence-electron chi connectivity index (χ2n) is 5.88. The predicted octanol–water partition coefficient (Wildman–Crippen LogP) is 2.86. The summed E-state index contributed by atoms with van der Waals surface area (Å²) >= 11 is 1.83. The van der Waals surface area contributed by atoms with E-state index in [1.165, 1.54) is 32.1 Å². The molecule has 19 heavy (non-hydrogen) atoms.